The van der Waals surface area contributed by atoms with Crippen LogP contribution in [0.2, 0.25) is 0 Å². The lowest BCUT2D eigenvalue weighted by Crippen LogP contribution is -2.54. The molecule has 20 heavy (non-hydrogen) atoms. The van der Waals surface area contributed by atoms with Crippen molar-refractivity contribution in [1.82, 2.24) is 10.6 Å². The summed E-state index contributed by atoms with van der Waals surface area (Å²) in [5.74, 6) is -1.42. The van der Waals surface area contributed by atoms with Crippen molar-refractivity contribution in [2.75, 3.05) is 6.54 Å². The molecule has 0 aromatic carbocycles. The molecule has 0 aromatic rings. The Hall–Kier alpha value is -1.85. The van der Waals surface area contributed by atoms with E-state index in [4.69, 9.17) is 5.11 Å². The first-order chi connectivity index (χ1) is 9.29. The van der Waals surface area contributed by atoms with Gasteiger partial charge in [0.2, 0.25) is 11.8 Å². The van der Waals surface area contributed by atoms with Gasteiger partial charge >= 0.3 is 5.97 Å². The van der Waals surface area contributed by atoms with E-state index >= 15 is 0 Å². The number of amides is 2. The van der Waals surface area contributed by atoms with E-state index < -0.39 is 11.5 Å². The zero-order valence-electron chi connectivity index (χ0n) is 12.2. The normalized spacial score (nSPS) is 10.7. The van der Waals surface area contributed by atoms with Gasteiger partial charge in [-0.3, -0.25) is 14.4 Å². The van der Waals surface area contributed by atoms with Gasteiger partial charge in [0.15, 0.2) is 0 Å². The largest absolute Gasteiger partial charge is 0.481 e. The number of carbonyl (C=O) groups excluding carboxylic acids is 2. The van der Waals surface area contributed by atoms with Crippen molar-refractivity contribution < 1.29 is 19.5 Å². The van der Waals surface area contributed by atoms with E-state index in [9.17, 15) is 14.4 Å². The number of carbonyl (C=O) groups is 3. The first-order valence-corrected chi connectivity index (χ1v) is 6.74. The molecule has 0 saturated heterocycles. The molecule has 0 radical (unpaired) electrons. The van der Waals surface area contributed by atoms with Gasteiger partial charge in [-0.1, -0.05) is 19.4 Å². The van der Waals surface area contributed by atoms with Crippen LogP contribution in [-0.2, 0) is 14.4 Å². The molecule has 114 valence electrons. The molecule has 0 fully saturated rings. The molecule has 0 heterocycles. The minimum absolute atomic E-state index is 0.187. The summed E-state index contributed by atoms with van der Waals surface area (Å²) in [4.78, 5) is 33.3. The highest BCUT2D eigenvalue weighted by Gasteiger charge is 2.28. The van der Waals surface area contributed by atoms with E-state index in [1.54, 1.807) is 13.8 Å². The van der Waals surface area contributed by atoms with E-state index in [1.807, 2.05) is 0 Å². The summed E-state index contributed by atoms with van der Waals surface area (Å²) < 4.78 is 0. The lowest BCUT2D eigenvalue weighted by Gasteiger charge is -2.24. The van der Waals surface area contributed by atoms with Crippen LogP contribution >= 0.6 is 0 Å². The fourth-order valence-corrected chi connectivity index (χ4v) is 1.59. The van der Waals surface area contributed by atoms with Crippen molar-refractivity contribution in [1.29, 1.82) is 0 Å². The number of carboxylic acid groups (broad SMARTS) is 1. The van der Waals surface area contributed by atoms with Crippen LogP contribution in [-0.4, -0.2) is 35.0 Å². The third-order valence-electron chi connectivity index (χ3n) is 2.79. The fraction of sp³-hybridized carbons (Fsp3) is 0.643. The molecule has 6 nitrogen and oxygen atoms in total. The van der Waals surface area contributed by atoms with Crippen molar-refractivity contribution >= 4 is 17.8 Å². The Bertz CT molecular complexity index is 364. The lowest BCUT2D eigenvalue weighted by molar-refractivity contribution is -0.137. The minimum atomic E-state index is -0.978. The molecule has 3 N–H and O–H groups in total. The summed E-state index contributed by atoms with van der Waals surface area (Å²) in [7, 11) is 0. The van der Waals surface area contributed by atoms with Crippen LogP contribution in [0.3, 0.4) is 0 Å². The van der Waals surface area contributed by atoms with Crippen LogP contribution in [0.4, 0.5) is 0 Å². The maximum Gasteiger partial charge on any atom is 0.303 e. The second kappa shape index (κ2) is 9.12. The molecule has 0 saturated carbocycles. The van der Waals surface area contributed by atoms with Crippen molar-refractivity contribution in [3.8, 4) is 0 Å². The third-order valence-corrected chi connectivity index (χ3v) is 2.79. The lowest BCUT2D eigenvalue weighted by atomic mass is 10.0. The van der Waals surface area contributed by atoms with Crippen LogP contribution in [0.5, 0.6) is 0 Å². The van der Waals surface area contributed by atoms with E-state index in [0.717, 1.165) is 25.3 Å². The maximum absolute atomic E-state index is 11.9. The Morgan fingerprint density at radius 3 is 2.30 bits per heavy atom. The molecule has 0 bridgehead atoms. The third kappa shape index (κ3) is 8.29. The maximum atomic E-state index is 11.9. The Labute approximate surface area is 119 Å². The fourth-order valence-electron chi connectivity index (χ4n) is 1.59. The molecule has 0 aliphatic rings. The van der Waals surface area contributed by atoms with Crippen LogP contribution < -0.4 is 10.6 Å². The van der Waals surface area contributed by atoms with Crippen LogP contribution in [0.25, 0.3) is 0 Å². The summed E-state index contributed by atoms with van der Waals surface area (Å²) in [5, 5.41) is 13.8. The Kier molecular flexibility index (Phi) is 8.27. The zero-order chi connectivity index (χ0) is 15.6. The van der Waals surface area contributed by atoms with Crippen molar-refractivity contribution in [3.63, 3.8) is 0 Å². The Balaban J connectivity index is 3.79. The van der Waals surface area contributed by atoms with Gasteiger partial charge in [0.1, 0.15) is 5.54 Å². The second-order valence-electron chi connectivity index (χ2n) is 5.13. The smallest absolute Gasteiger partial charge is 0.303 e. The Morgan fingerprint density at radius 1 is 1.15 bits per heavy atom. The van der Waals surface area contributed by atoms with Gasteiger partial charge in [-0.2, -0.15) is 0 Å². The Morgan fingerprint density at radius 2 is 1.75 bits per heavy atom. The van der Waals surface area contributed by atoms with E-state index in [1.165, 1.54) is 0 Å². The van der Waals surface area contributed by atoms with Gasteiger partial charge in [0, 0.05) is 13.0 Å². The highest BCUT2D eigenvalue weighted by Crippen LogP contribution is 2.04. The highest BCUT2D eigenvalue weighted by molar-refractivity contribution is 5.94. The monoisotopic (exact) mass is 284 g/mol. The number of aliphatic carboxylic acids is 1. The first-order valence-electron chi connectivity index (χ1n) is 6.74. The molecule has 0 atom stereocenters. The predicted molar refractivity (Wildman–Crippen MR) is 76.1 cm³/mol. The molecule has 0 aromatic heterocycles. The number of carboxylic acids is 1. The van der Waals surface area contributed by atoms with Crippen molar-refractivity contribution in [2.45, 2.75) is 51.5 Å². The van der Waals surface area contributed by atoms with Gasteiger partial charge in [-0.15, -0.1) is 0 Å². The number of unbranched alkanes of at least 4 members (excludes halogenated alkanes) is 3. The van der Waals surface area contributed by atoms with Crippen molar-refractivity contribution in [3.05, 3.63) is 12.7 Å². The summed E-state index contributed by atoms with van der Waals surface area (Å²) in [6.45, 7) is 7.09. The number of hydrogen-bond donors (Lipinski definition) is 3. The van der Waals surface area contributed by atoms with Crippen LogP contribution in [0.15, 0.2) is 12.7 Å². The summed E-state index contributed by atoms with van der Waals surface area (Å²) in [5.41, 5.74) is -0.978. The van der Waals surface area contributed by atoms with E-state index in [2.05, 4.69) is 17.2 Å². The van der Waals surface area contributed by atoms with E-state index in [0.29, 0.717) is 13.0 Å². The van der Waals surface area contributed by atoms with Gasteiger partial charge in [-0.25, -0.2) is 0 Å². The summed E-state index contributed by atoms with van der Waals surface area (Å²) >= 11 is 0. The minimum Gasteiger partial charge on any atom is -0.481 e. The molecular weight excluding hydrogens is 260 g/mol. The van der Waals surface area contributed by atoms with Crippen LogP contribution in [0, 0.1) is 0 Å². The first kappa shape index (κ1) is 18.1. The van der Waals surface area contributed by atoms with Crippen LogP contribution in [0.1, 0.15) is 46.0 Å². The van der Waals surface area contributed by atoms with Gasteiger partial charge in [0.25, 0.3) is 0 Å². The molecule has 0 spiro atoms. The number of nitrogens with one attached hydrogen (secondary N) is 2. The van der Waals surface area contributed by atoms with E-state index in [-0.39, 0.29) is 18.2 Å². The molecular formula is C14H24N2O4. The predicted octanol–water partition coefficient (Wildman–Crippen LogP) is 1.22. The average molecular weight is 284 g/mol. The average Bonchev–Trinajstić information content (AvgIpc) is 2.36. The highest BCUT2D eigenvalue weighted by atomic mass is 16.4. The SMILES string of the molecule is C=CC(=O)NC(C)(C)C(=O)NCCCCCCC(=O)O. The summed E-state index contributed by atoms with van der Waals surface area (Å²) in [6, 6.07) is 0. The van der Waals surface area contributed by atoms with Gasteiger partial charge in [0.05, 0.1) is 0 Å². The molecule has 0 unspecified atom stereocenters. The zero-order valence-corrected chi connectivity index (χ0v) is 12.2. The number of hydrogen-bond acceptors (Lipinski definition) is 3. The second-order valence-corrected chi connectivity index (χ2v) is 5.13. The quantitative estimate of drug-likeness (QED) is 0.415. The standard InChI is InChI=1S/C14H24N2O4/c1-4-11(17)16-14(2,3)13(20)15-10-8-6-5-7-9-12(18)19/h4H,1,5-10H2,2-3H3,(H,15,20)(H,16,17)(H,18,19). The molecule has 0 aliphatic carbocycles. The molecule has 0 aliphatic heterocycles. The van der Waals surface area contributed by atoms with Gasteiger partial charge < -0.3 is 15.7 Å². The molecule has 2 amide bonds. The van der Waals surface area contributed by atoms with Gasteiger partial charge in [-0.05, 0) is 32.8 Å². The molecule has 0 rings (SSSR count). The topological polar surface area (TPSA) is 95.5 Å². The number of rotatable bonds is 10. The van der Waals surface area contributed by atoms with Crippen molar-refractivity contribution in [2.24, 2.45) is 0 Å². The molecule has 6 heteroatoms. The summed E-state index contributed by atoms with van der Waals surface area (Å²) in [6.07, 6.45) is 4.46.